The van der Waals surface area contributed by atoms with Crippen LogP contribution in [0.4, 0.5) is 5.69 Å². The smallest absolute Gasteiger partial charge is 0.270 e. The Morgan fingerprint density at radius 3 is 2.56 bits per heavy atom. The average molecular weight is 315 g/mol. The Kier molecular flexibility index (Phi) is 5.75. The molecule has 100 valence electrons. The Balaban J connectivity index is 2.86. The van der Waals surface area contributed by atoms with E-state index in [0.717, 1.165) is 23.0 Å². The summed E-state index contributed by atoms with van der Waals surface area (Å²) in [6.07, 6.45) is 0.865. The Morgan fingerprint density at radius 2 is 2.11 bits per heavy atom. The number of nitro benzene ring substituents is 1. The first kappa shape index (κ1) is 15.1. The predicted molar refractivity (Wildman–Crippen MR) is 76.8 cm³/mol. The van der Waals surface area contributed by atoms with Gasteiger partial charge < -0.3 is 5.32 Å². The van der Waals surface area contributed by atoms with Crippen LogP contribution < -0.4 is 5.32 Å². The molecule has 0 heterocycles. The zero-order chi connectivity index (χ0) is 13.7. The highest BCUT2D eigenvalue weighted by Crippen LogP contribution is 2.25. The van der Waals surface area contributed by atoms with Crippen molar-refractivity contribution in [3.63, 3.8) is 0 Å². The van der Waals surface area contributed by atoms with Crippen molar-refractivity contribution in [3.05, 3.63) is 38.3 Å². The fourth-order valence-corrected chi connectivity index (χ4v) is 2.39. The van der Waals surface area contributed by atoms with Crippen LogP contribution in [0.25, 0.3) is 0 Å². The number of benzene rings is 1. The molecule has 1 rings (SSSR count). The quantitative estimate of drug-likeness (QED) is 0.645. The maximum Gasteiger partial charge on any atom is 0.270 e. The highest BCUT2D eigenvalue weighted by Gasteiger charge is 2.16. The fourth-order valence-electron chi connectivity index (χ4n) is 1.86. The van der Waals surface area contributed by atoms with E-state index in [1.807, 2.05) is 6.07 Å². The molecule has 1 N–H and O–H groups in total. The molecule has 0 saturated heterocycles. The van der Waals surface area contributed by atoms with E-state index in [-0.39, 0.29) is 10.6 Å². The molecule has 0 radical (unpaired) electrons. The molecule has 5 heteroatoms. The van der Waals surface area contributed by atoms with Crippen molar-refractivity contribution in [2.45, 2.75) is 33.2 Å². The Morgan fingerprint density at radius 1 is 1.44 bits per heavy atom. The van der Waals surface area contributed by atoms with Crippen molar-refractivity contribution in [1.82, 2.24) is 5.32 Å². The molecule has 0 aromatic heterocycles. The van der Waals surface area contributed by atoms with E-state index >= 15 is 0 Å². The van der Waals surface area contributed by atoms with Crippen LogP contribution in [-0.2, 0) is 6.42 Å². The van der Waals surface area contributed by atoms with Gasteiger partial charge in [0.15, 0.2) is 0 Å². The number of nitro groups is 1. The molecule has 1 atom stereocenters. The standard InChI is InChI=1S/C13H19BrN2O2/c1-4-15-13(9(2)3)7-10-5-6-11(16(17)18)8-12(10)14/h5-6,8-9,13,15H,4,7H2,1-3H3. The second-order valence-corrected chi connectivity index (χ2v) is 5.50. The summed E-state index contributed by atoms with van der Waals surface area (Å²) in [6, 6.07) is 5.34. The Bertz CT molecular complexity index is 421. The van der Waals surface area contributed by atoms with Crippen molar-refractivity contribution in [2.75, 3.05) is 6.54 Å². The Hall–Kier alpha value is -0.940. The van der Waals surface area contributed by atoms with Crippen molar-refractivity contribution < 1.29 is 4.92 Å². The molecule has 1 aromatic rings. The summed E-state index contributed by atoms with van der Waals surface area (Å²) >= 11 is 3.41. The van der Waals surface area contributed by atoms with Crippen LogP contribution in [0.1, 0.15) is 26.3 Å². The second kappa shape index (κ2) is 6.85. The number of nitrogens with one attached hydrogen (secondary N) is 1. The predicted octanol–water partition coefficient (Wildman–Crippen LogP) is 3.53. The van der Waals surface area contributed by atoms with Crippen molar-refractivity contribution in [1.29, 1.82) is 0 Å². The lowest BCUT2D eigenvalue weighted by molar-refractivity contribution is -0.384. The molecule has 0 aliphatic rings. The molecule has 0 fully saturated rings. The normalized spacial score (nSPS) is 12.7. The maximum atomic E-state index is 10.7. The molecule has 18 heavy (non-hydrogen) atoms. The third-order valence-electron chi connectivity index (χ3n) is 2.96. The molecule has 0 aliphatic heterocycles. The highest BCUT2D eigenvalue weighted by molar-refractivity contribution is 9.10. The monoisotopic (exact) mass is 314 g/mol. The zero-order valence-electron chi connectivity index (χ0n) is 10.9. The molecule has 0 saturated carbocycles. The van der Waals surface area contributed by atoms with Crippen LogP contribution in [0.2, 0.25) is 0 Å². The first-order valence-electron chi connectivity index (χ1n) is 6.11. The summed E-state index contributed by atoms with van der Waals surface area (Å²) in [7, 11) is 0. The summed E-state index contributed by atoms with van der Waals surface area (Å²) in [5, 5.41) is 14.1. The fraction of sp³-hybridized carbons (Fsp3) is 0.538. The summed E-state index contributed by atoms with van der Waals surface area (Å²) in [5.74, 6) is 0.520. The van der Waals surface area contributed by atoms with Crippen LogP contribution in [-0.4, -0.2) is 17.5 Å². The van der Waals surface area contributed by atoms with Gasteiger partial charge >= 0.3 is 0 Å². The van der Waals surface area contributed by atoms with E-state index in [1.54, 1.807) is 12.1 Å². The van der Waals surface area contributed by atoms with Gasteiger partial charge in [-0.2, -0.15) is 0 Å². The number of non-ortho nitro benzene ring substituents is 1. The number of hydrogen-bond acceptors (Lipinski definition) is 3. The van der Waals surface area contributed by atoms with E-state index in [9.17, 15) is 10.1 Å². The molecule has 4 nitrogen and oxygen atoms in total. The minimum atomic E-state index is -0.376. The van der Waals surface area contributed by atoms with Gasteiger partial charge in [0.05, 0.1) is 4.92 Å². The van der Waals surface area contributed by atoms with Gasteiger partial charge in [-0.05, 0) is 24.4 Å². The van der Waals surface area contributed by atoms with Gasteiger partial charge in [0.2, 0.25) is 0 Å². The van der Waals surface area contributed by atoms with E-state index in [0.29, 0.717) is 12.0 Å². The van der Waals surface area contributed by atoms with Gasteiger partial charge in [-0.25, -0.2) is 0 Å². The molecule has 0 amide bonds. The van der Waals surface area contributed by atoms with Crippen LogP contribution in [0.5, 0.6) is 0 Å². The minimum Gasteiger partial charge on any atom is -0.314 e. The van der Waals surface area contributed by atoms with Crippen LogP contribution in [0.15, 0.2) is 22.7 Å². The molecule has 1 unspecified atom stereocenters. The molecule has 0 spiro atoms. The van der Waals surface area contributed by atoms with Crippen molar-refractivity contribution in [2.24, 2.45) is 5.92 Å². The van der Waals surface area contributed by atoms with Gasteiger partial charge in [-0.15, -0.1) is 0 Å². The number of likely N-dealkylation sites (N-methyl/N-ethyl adjacent to an activating group) is 1. The molecule has 0 aliphatic carbocycles. The van der Waals surface area contributed by atoms with Gasteiger partial charge in [0, 0.05) is 22.6 Å². The summed E-state index contributed by atoms with van der Waals surface area (Å²) in [5.41, 5.74) is 1.22. The third-order valence-corrected chi connectivity index (χ3v) is 3.70. The molecular weight excluding hydrogens is 296 g/mol. The lowest BCUT2D eigenvalue weighted by atomic mass is 9.96. The van der Waals surface area contributed by atoms with Crippen molar-refractivity contribution in [3.8, 4) is 0 Å². The first-order valence-corrected chi connectivity index (χ1v) is 6.91. The first-order chi connectivity index (χ1) is 8.45. The van der Waals surface area contributed by atoms with E-state index in [1.165, 1.54) is 0 Å². The molecule has 1 aromatic carbocycles. The highest BCUT2D eigenvalue weighted by atomic mass is 79.9. The minimum absolute atomic E-state index is 0.121. The van der Waals surface area contributed by atoms with E-state index in [4.69, 9.17) is 0 Å². The zero-order valence-corrected chi connectivity index (χ0v) is 12.5. The van der Waals surface area contributed by atoms with Crippen LogP contribution in [0.3, 0.4) is 0 Å². The Labute approximate surface area is 116 Å². The summed E-state index contributed by atoms with van der Waals surface area (Å²) in [6.45, 7) is 7.35. The van der Waals surface area contributed by atoms with Crippen molar-refractivity contribution >= 4 is 21.6 Å². The summed E-state index contributed by atoms with van der Waals surface area (Å²) < 4.78 is 0.806. The number of nitrogens with zero attached hydrogens (tertiary/aromatic N) is 1. The lowest BCUT2D eigenvalue weighted by Crippen LogP contribution is -2.35. The average Bonchev–Trinajstić information content (AvgIpc) is 2.30. The van der Waals surface area contributed by atoms with Gasteiger partial charge in [0.25, 0.3) is 5.69 Å². The van der Waals surface area contributed by atoms with Gasteiger partial charge in [0.1, 0.15) is 0 Å². The maximum absolute atomic E-state index is 10.7. The van der Waals surface area contributed by atoms with E-state index in [2.05, 4.69) is 42.0 Å². The largest absolute Gasteiger partial charge is 0.314 e. The van der Waals surface area contributed by atoms with Gasteiger partial charge in [-0.1, -0.05) is 42.8 Å². The lowest BCUT2D eigenvalue weighted by Gasteiger charge is -2.22. The number of rotatable bonds is 6. The molecule has 0 bridgehead atoms. The SMILES string of the molecule is CCNC(Cc1ccc([N+](=O)[O-])cc1Br)C(C)C. The number of hydrogen-bond donors (Lipinski definition) is 1. The topological polar surface area (TPSA) is 55.2 Å². The van der Waals surface area contributed by atoms with E-state index < -0.39 is 0 Å². The number of halogens is 1. The summed E-state index contributed by atoms with van der Waals surface area (Å²) in [4.78, 5) is 10.3. The third kappa shape index (κ3) is 4.07. The molecular formula is C13H19BrN2O2. The van der Waals surface area contributed by atoms with Crippen LogP contribution in [0, 0.1) is 16.0 Å². The van der Waals surface area contributed by atoms with Gasteiger partial charge in [-0.3, -0.25) is 10.1 Å². The second-order valence-electron chi connectivity index (χ2n) is 4.65. The van der Waals surface area contributed by atoms with Crippen LogP contribution >= 0.6 is 15.9 Å².